The molecule has 19 heavy (non-hydrogen) atoms. The second-order valence-electron chi connectivity index (χ2n) is 5.08. The van der Waals surface area contributed by atoms with Gasteiger partial charge in [0.15, 0.2) is 0 Å². The Bertz CT molecular complexity index is 480. The van der Waals surface area contributed by atoms with E-state index in [2.05, 4.69) is 5.32 Å². The van der Waals surface area contributed by atoms with Crippen molar-refractivity contribution in [3.63, 3.8) is 0 Å². The minimum atomic E-state index is -1.04. The van der Waals surface area contributed by atoms with E-state index in [0.29, 0.717) is 10.7 Å². The molecule has 106 valence electrons. The van der Waals surface area contributed by atoms with E-state index in [0.717, 1.165) is 0 Å². The third-order valence-electron chi connectivity index (χ3n) is 2.82. The van der Waals surface area contributed by atoms with Gasteiger partial charge in [-0.1, -0.05) is 25.4 Å². The molecule has 1 amide bonds. The molecular formula is C13H19ClN2O3. The van der Waals surface area contributed by atoms with Gasteiger partial charge in [0.1, 0.15) is 11.7 Å². The molecule has 0 bridgehead atoms. The Labute approximate surface area is 117 Å². The maximum absolute atomic E-state index is 12.1. The fourth-order valence-corrected chi connectivity index (χ4v) is 1.99. The number of carbonyl (C=O) groups excluding carboxylic acids is 1. The summed E-state index contributed by atoms with van der Waals surface area (Å²) < 4.78 is 1.72. The van der Waals surface area contributed by atoms with Crippen LogP contribution in [-0.2, 0) is 4.79 Å². The zero-order valence-electron chi connectivity index (χ0n) is 11.5. The van der Waals surface area contributed by atoms with Crippen molar-refractivity contribution >= 4 is 23.5 Å². The van der Waals surface area contributed by atoms with E-state index in [-0.39, 0.29) is 12.0 Å². The Balaban J connectivity index is 2.98. The number of hydrogen-bond acceptors (Lipinski definition) is 2. The van der Waals surface area contributed by atoms with Crippen molar-refractivity contribution in [2.75, 3.05) is 0 Å². The lowest BCUT2D eigenvalue weighted by Crippen LogP contribution is -2.44. The molecule has 0 saturated carbocycles. The summed E-state index contributed by atoms with van der Waals surface area (Å²) in [5.74, 6) is -1.67. The van der Waals surface area contributed by atoms with Gasteiger partial charge >= 0.3 is 5.97 Å². The second kappa shape index (κ2) is 6.10. The molecule has 0 aromatic carbocycles. The summed E-state index contributed by atoms with van der Waals surface area (Å²) >= 11 is 5.90. The average molecular weight is 287 g/mol. The quantitative estimate of drug-likeness (QED) is 0.874. The molecule has 1 aromatic rings. The smallest absolute Gasteiger partial charge is 0.326 e. The molecule has 0 aliphatic carbocycles. The van der Waals surface area contributed by atoms with Crippen LogP contribution < -0.4 is 5.32 Å². The molecule has 0 aliphatic rings. The maximum atomic E-state index is 12.1. The molecule has 0 radical (unpaired) electrons. The van der Waals surface area contributed by atoms with Gasteiger partial charge in [0.2, 0.25) is 0 Å². The van der Waals surface area contributed by atoms with Crippen molar-refractivity contribution in [3.05, 3.63) is 23.0 Å². The van der Waals surface area contributed by atoms with Crippen LogP contribution in [0.2, 0.25) is 5.02 Å². The molecule has 0 spiro atoms. The Morgan fingerprint density at radius 3 is 2.32 bits per heavy atom. The van der Waals surface area contributed by atoms with E-state index in [1.165, 1.54) is 6.07 Å². The number of carbonyl (C=O) groups is 2. The molecule has 2 N–H and O–H groups in total. The van der Waals surface area contributed by atoms with Crippen LogP contribution in [0, 0.1) is 5.92 Å². The lowest BCUT2D eigenvalue weighted by Gasteiger charge is -2.19. The van der Waals surface area contributed by atoms with Crippen molar-refractivity contribution in [3.8, 4) is 0 Å². The first kappa shape index (κ1) is 15.6. The molecule has 6 heteroatoms. The molecule has 0 aliphatic heterocycles. The van der Waals surface area contributed by atoms with Gasteiger partial charge in [-0.15, -0.1) is 0 Å². The standard InChI is InChI=1S/C13H19ClN2O3/c1-7(2)11(13(18)19)15-12(17)10-5-9(14)6-16(10)8(3)4/h5-8,11H,1-4H3,(H,15,17)(H,18,19)/t11-/m1/s1. The Morgan fingerprint density at radius 1 is 1.32 bits per heavy atom. The van der Waals surface area contributed by atoms with Gasteiger partial charge < -0.3 is 15.0 Å². The summed E-state index contributed by atoms with van der Waals surface area (Å²) in [6.45, 7) is 7.33. The van der Waals surface area contributed by atoms with Crippen LogP contribution in [0.15, 0.2) is 12.3 Å². The first-order valence-electron chi connectivity index (χ1n) is 6.15. The van der Waals surface area contributed by atoms with Crippen LogP contribution in [-0.4, -0.2) is 27.6 Å². The number of aromatic nitrogens is 1. The highest BCUT2D eigenvalue weighted by molar-refractivity contribution is 6.31. The highest BCUT2D eigenvalue weighted by Crippen LogP contribution is 2.19. The fourth-order valence-electron chi connectivity index (χ4n) is 1.78. The third-order valence-corrected chi connectivity index (χ3v) is 3.03. The number of carboxylic acids is 1. The summed E-state index contributed by atoms with van der Waals surface area (Å²) in [7, 11) is 0. The van der Waals surface area contributed by atoms with Crippen LogP contribution in [0.5, 0.6) is 0 Å². The number of carboxylic acid groups (broad SMARTS) is 1. The molecule has 1 rings (SSSR count). The zero-order chi connectivity index (χ0) is 14.7. The molecular weight excluding hydrogens is 268 g/mol. The predicted octanol–water partition coefficient (Wildman–Crippen LogP) is 2.56. The molecule has 1 atom stereocenters. The van der Waals surface area contributed by atoms with Crippen molar-refractivity contribution in [2.45, 2.75) is 39.8 Å². The lowest BCUT2D eigenvalue weighted by molar-refractivity contribution is -0.140. The predicted molar refractivity (Wildman–Crippen MR) is 73.6 cm³/mol. The van der Waals surface area contributed by atoms with E-state index < -0.39 is 17.9 Å². The van der Waals surface area contributed by atoms with Gasteiger partial charge in [-0.3, -0.25) is 4.79 Å². The van der Waals surface area contributed by atoms with E-state index in [4.69, 9.17) is 16.7 Å². The highest BCUT2D eigenvalue weighted by atomic mass is 35.5. The van der Waals surface area contributed by atoms with E-state index in [1.54, 1.807) is 24.6 Å². The number of amides is 1. The SMILES string of the molecule is CC(C)[C@@H](NC(=O)c1cc(Cl)cn1C(C)C)C(=O)O. The normalized spacial score (nSPS) is 12.8. The second-order valence-corrected chi connectivity index (χ2v) is 5.51. The summed E-state index contributed by atoms with van der Waals surface area (Å²) in [5, 5.41) is 12.1. The minimum Gasteiger partial charge on any atom is -0.480 e. The van der Waals surface area contributed by atoms with Gasteiger partial charge in [-0.05, 0) is 25.8 Å². The number of rotatable bonds is 5. The number of halogens is 1. The summed E-state index contributed by atoms with van der Waals surface area (Å²) in [6.07, 6.45) is 1.66. The molecule has 0 fully saturated rings. The van der Waals surface area contributed by atoms with Crippen LogP contribution in [0.3, 0.4) is 0 Å². The molecule has 5 nitrogen and oxygen atoms in total. The van der Waals surface area contributed by atoms with Crippen molar-refractivity contribution in [2.24, 2.45) is 5.92 Å². The molecule has 0 unspecified atom stereocenters. The lowest BCUT2D eigenvalue weighted by atomic mass is 10.0. The topological polar surface area (TPSA) is 71.3 Å². The van der Waals surface area contributed by atoms with Crippen LogP contribution in [0.25, 0.3) is 0 Å². The number of nitrogens with zero attached hydrogens (tertiary/aromatic N) is 1. The Hall–Kier alpha value is -1.49. The monoisotopic (exact) mass is 286 g/mol. The molecule has 1 aromatic heterocycles. The van der Waals surface area contributed by atoms with E-state index in [9.17, 15) is 9.59 Å². The molecule has 0 saturated heterocycles. The Morgan fingerprint density at radius 2 is 1.89 bits per heavy atom. The van der Waals surface area contributed by atoms with Gasteiger partial charge in [0.05, 0.1) is 5.02 Å². The third kappa shape index (κ3) is 3.73. The fraction of sp³-hybridized carbons (Fsp3) is 0.538. The number of hydrogen-bond donors (Lipinski definition) is 2. The average Bonchev–Trinajstić information content (AvgIpc) is 2.67. The van der Waals surface area contributed by atoms with Crippen molar-refractivity contribution < 1.29 is 14.7 Å². The van der Waals surface area contributed by atoms with Gasteiger partial charge in [0, 0.05) is 12.2 Å². The van der Waals surface area contributed by atoms with Gasteiger partial charge in [-0.2, -0.15) is 0 Å². The van der Waals surface area contributed by atoms with Gasteiger partial charge in [-0.25, -0.2) is 4.79 Å². The van der Waals surface area contributed by atoms with E-state index >= 15 is 0 Å². The molecule has 1 heterocycles. The highest BCUT2D eigenvalue weighted by Gasteiger charge is 2.25. The number of nitrogens with one attached hydrogen (secondary N) is 1. The van der Waals surface area contributed by atoms with Crippen molar-refractivity contribution in [1.82, 2.24) is 9.88 Å². The van der Waals surface area contributed by atoms with Crippen LogP contribution in [0.1, 0.15) is 44.2 Å². The summed E-state index contributed by atoms with van der Waals surface area (Å²) in [4.78, 5) is 23.2. The van der Waals surface area contributed by atoms with Crippen molar-refractivity contribution in [1.29, 1.82) is 0 Å². The van der Waals surface area contributed by atoms with Crippen LogP contribution >= 0.6 is 11.6 Å². The summed E-state index contributed by atoms with van der Waals surface area (Å²) in [5.41, 5.74) is 0.368. The first-order valence-corrected chi connectivity index (χ1v) is 6.52. The van der Waals surface area contributed by atoms with Gasteiger partial charge in [0.25, 0.3) is 5.91 Å². The zero-order valence-corrected chi connectivity index (χ0v) is 12.2. The Kier molecular flexibility index (Phi) is 5.00. The van der Waals surface area contributed by atoms with Crippen LogP contribution in [0.4, 0.5) is 0 Å². The number of aliphatic carboxylic acids is 1. The summed E-state index contributed by atoms with van der Waals surface area (Å²) in [6, 6.07) is 0.688. The minimum absolute atomic E-state index is 0.0654. The van der Waals surface area contributed by atoms with E-state index in [1.807, 2.05) is 13.8 Å². The largest absolute Gasteiger partial charge is 0.480 e. The first-order chi connectivity index (χ1) is 8.73. The maximum Gasteiger partial charge on any atom is 0.326 e.